The normalized spacial score (nSPS) is 22.4. The highest BCUT2D eigenvalue weighted by molar-refractivity contribution is 5.23. The van der Waals surface area contributed by atoms with Gasteiger partial charge in [-0.05, 0) is 18.9 Å². The Kier molecular flexibility index (Phi) is 3.16. The quantitative estimate of drug-likeness (QED) is 0.793. The Bertz CT molecular complexity index is 389. The number of ether oxygens (including phenoxy) is 1. The zero-order chi connectivity index (χ0) is 11.7. The summed E-state index contributed by atoms with van der Waals surface area (Å²) in [5.41, 5.74) is -0.259. The van der Waals surface area contributed by atoms with Crippen LogP contribution < -0.4 is 0 Å². The summed E-state index contributed by atoms with van der Waals surface area (Å²) in [4.78, 5) is 0. The number of hydrogen-bond donors (Lipinski definition) is 1. The lowest BCUT2D eigenvalue weighted by Crippen LogP contribution is -2.19. The Balaban J connectivity index is 2.29. The van der Waals surface area contributed by atoms with Crippen LogP contribution >= 0.6 is 0 Å². The van der Waals surface area contributed by atoms with E-state index in [-0.39, 0.29) is 5.56 Å². The number of halogens is 3. The van der Waals surface area contributed by atoms with Crippen molar-refractivity contribution in [1.29, 1.82) is 0 Å². The molecule has 0 amide bonds. The van der Waals surface area contributed by atoms with Crippen LogP contribution in [0.1, 0.15) is 24.5 Å². The third-order valence-corrected chi connectivity index (χ3v) is 2.70. The van der Waals surface area contributed by atoms with Crippen LogP contribution in [0.5, 0.6) is 0 Å². The highest BCUT2D eigenvalue weighted by atomic mass is 19.2. The summed E-state index contributed by atoms with van der Waals surface area (Å²) >= 11 is 0. The molecular formula is C11H11F3O2. The number of rotatable bonds is 2. The fourth-order valence-electron chi connectivity index (χ4n) is 1.82. The minimum atomic E-state index is -1.56. The summed E-state index contributed by atoms with van der Waals surface area (Å²) in [6.07, 6.45) is -0.441. The zero-order valence-corrected chi connectivity index (χ0v) is 8.42. The van der Waals surface area contributed by atoms with Crippen molar-refractivity contribution < 1.29 is 23.0 Å². The van der Waals surface area contributed by atoms with Crippen molar-refractivity contribution >= 4 is 0 Å². The maximum absolute atomic E-state index is 13.3. The van der Waals surface area contributed by atoms with Crippen LogP contribution in [0.4, 0.5) is 13.2 Å². The minimum Gasteiger partial charge on any atom is -0.386 e. The van der Waals surface area contributed by atoms with E-state index in [0.717, 1.165) is 18.6 Å². The van der Waals surface area contributed by atoms with E-state index in [0.29, 0.717) is 13.0 Å². The van der Waals surface area contributed by atoms with Gasteiger partial charge < -0.3 is 9.84 Å². The summed E-state index contributed by atoms with van der Waals surface area (Å²) in [5, 5.41) is 9.76. The van der Waals surface area contributed by atoms with Crippen LogP contribution in [0.15, 0.2) is 12.1 Å². The Morgan fingerprint density at radius 2 is 2.00 bits per heavy atom. The van der Waals surface area contributed by atoms with Gasteiger partial charge in [-0.1, -0.05) is 6.07 Å². The molecule has 1 heterocycles. The lowest BCUT2D eigenvalue weighted by molar-refractivity contribution is -0.00463. The number of benzene rings is 1. The van der Waals surface area contributed by atoms with Gasteiger partial charge in [0.2, 0.25) is 0 Å². The second kappa shape index (κ2) is 4.43. The molecule has 2 nitrogen and oxygen atoms in total. The summed E-state index contributed by atoms with van der Waals surface area (Å²) in [6.45, 7) is 0.493. The molecule has 2 rings (SSSR count). The summed E-state index contributed by atoms with van der Waals surface area (Å²) in [6, 6.07) is 1.84. The van der Waals surface area contributed by atoms with Gasteiger partial charge in [0.15, 0.2) is 17.5 Å². The van der Waals surface area contributed by atoms with Crippen LogP contribution in [0.25, 0.3) is 0 Å². The van der Waals surface area contributed by atoms with E-state index < -0.39 is 29.7 Å². The van der Waals surface area contributed by atoms with E-state index in [9.17, 15) is 18.3 Å². The van der Waals surface area contributed by atoms with E-state index in [1.54, 1.807) is 0 Å². The lowest BCUT2D eigenvalue weighted by Gasteiger charge is -2.18. The smallest absolute Gasteiger partial charge is 0.194 e. The SMILES string of the molecule is OC(c1ccc(F)c(F)c1F)C1CCCO1. The molecule has 0 aromatic heterocycles. The second-order valence-electron chi connectivity index (χ2n) is 3.76. The molecule has 1 aromatic carbocycles. The first-order valence-electron chi connectivity index (χ1n) is 5.04. The highest BCUT2D eigenvalue weighted by Crippen LogP contribution is 2.29. The van der Waals surface area contributed by atoms with Crippen molar-refractivity contribution in [1.82, 2.24) is 0 Å². The third-order valence-electron chi connectivity index (χ3n) is 2.70. The number of hydrogen-bond acceptors (Lipinski definition) is 2. The monoisotopic (exact) mass is 232 g/mol. The maximum atomic E-state index is 13.3. The van der Waals surface area contributed by atoms with Crippen molar-refractivity contribution in [2.24, 2.45) is 0 Å². The van der Waals surface area contributed by atoms with Crippen LogP contribution in [0.2, 0.25) is 0 Å². The van der Waals surface area contributed by atoms with Crippen molar-refractivity contribution in [2.75, 3.05) is 6.61 Å². The maximum Gasteiger partial charge on any atom is 0.194 e. The van der Waals surface area contributed by atoms with Crippen LogP contribution in [-0.4, -0.2) is 17.8 Å². The molecule has 0 spiro atoms. The molecule has 0 aliphatic carbocycles. The van der Waals surface area contributed by atoms with E-state index in [1.807, 2.05) is 0 Å². The number of aliphatic hydroxyl groups is 1. The molecule has 1 aliphatic rings. The molecule has 0 radical (unpaired) electrons. The summed E-state index contributed by atoms with van der Waals surface area (Å²) in [7, 11) is 0. The topological polar surface area (TPSA) is 29.5 Å². The molecule has 1 aromatic rings. The van der Waals surface area contributed by atoms with Crippen LogP contribution in [0, 0.1) is 17.5 Å². The van der Waals surface area contributed by atoms with Crippen molar-refractivity contribution in [3.8, 4) is 0 Å². The van der Waals surface area contributed by atoms with E-state index >= 15 is 0 Å². The molecule has 1 saturated heterocycles. The molecule has 1 N–H and O–H groups in total. The summed E-state index contributed by atoms with van der Waals surface area (Å²) < 4.78 is 44.1. The molecule has 0 bridgehead atoms. The second-order valence-corrected chi connectivity index (χ2v) is 3.76. The Morgan fingerprint density at radius 1 is 1.25 bits per heavy atom. The first kappa shape index (κ1) is 11.4. The van der Waals surface area contributed by atoms with Gasteiger partial charge in [0.25, 0.3) is 0 Å². The predicted molar refractivity (Wildman–Crippen MR) is 50.2 cm³/mol. The average Bonchev–Trinajstić information content (AvgIpc) is 2.79. The molecule has 5 heteroatoms. The predicted octanol–water partition coefficient (Wildman–Crippen LogP) is 2.32. The molecule has 0 saturated carbocycles. The lowest BCUT2D eigenvalue weighted by atomic mass is 10.0. The van der Waals surface area contributed by atoms with Gasteiger partial charge in [0.1, 0.15) is 6.10 Å². The Hall–Kier alpha value is -1.07. The van der Waals surface area contributed by atoms with Gasteiger partial charge in [-0.3, -0.25) is 0 Å². The molecule has 1 aliphatic heterocycles. The molecule has 16 heavy (non-hydrogen) atoms. The number of aliphatic hydroxyl groups excluding tert-OH is 1. The van der Waals surface area contributed by atoms with Gasteiger partial charge in [-0.15, -0.1) is 0 Å². The standard InChI is InChI=1S/C11H11F3O2/c12-7-4-3-6(9(13)10(7)14)11(15)8-2-1-5-16-8/h3-4,8,11,15H,1-2,5H2. The van der Waals surface area contributed by atoms with Gasteiger partial charge in [-0.2, -0.15) is 0 Å². The minimum absolute atomic E-state index is 0.259. The van der Waals surface area contributed by atoms with Gasteiger partial charge in [0.05, 0.1) is 6.10 Å². The largest absolute Gasteiger partial charge is 0.386 e. The zero-order valence-electron chi connectivity index (χ0n) is 8.42. The highest BCUT2D eigenvalue weighted by Gasteiger charge is 2.29. The first-order valence-corrected chi connectivity index (χ1v) is 5.04. The van der Waals surface area contributed by atoms with E-state index in [4.69, 9.17) is 4.74 Å². The molecule has 2 unspecified atom stereocenters. The average molecular weight is 232 g/mol. The van der Waals surface area contributed by atoms with Gasteiger partial charge in [-0.25, -0.2) is 13.2 Å². The third kappa shape index (κ3) is 1.92. The van der Waals surface area contributed by atoms with Gasteiger partial charge in [0, 0.05) is 12.2 Å². The first-order chi connectivity index (χ1) is 7.61. The Labute approximate surface area is 90.7 Å². The molecule has 2 atom stereocenters. The van der Waals surface area contributed by atoms with Gasteiger partial charge >= 0.3 is 0 Å². The fraction of sp³-hybridized carbons (Fsp3) is 0.455. The van der Waals surface area contributed by atoms with Crippen LogP contribution in [0.3, 0.4) is 0 Å². The molecule has 1 fully saturated rings. The fourth-order valence-corrected chi connectivity index (χ4v) is 1.82. The van der Waals surface area contributed by atoms with Crippen LogP contribution in [-0.2, 0) is 4.74 Å². The van der Waals surface area contributed by atoms with Crippen molar-refractivity contribution in [2.45, 2.75) is 25.0 Å². The van der Waals surface area contributed by atoms with Crippen molar-refractivity contribution in [3.05, 3.63) is 35.1 Å². The molecular weight excluding hydrogens is 221 g/mol. The summed E-state index contributed by atoms with van der Waals surface area (Å²) in [5.74, 6) is -4.17. The molecule has 88 valence electrons. The Morgan fingerprint density at radius 3 is 2.62 bits per heavy atom. The van der Waals surface area contributed by atoms with E-state index in [1.165, 1.54) is 0 Å². The van der Waals surface area contributed by atoms with Crippen molar-refractivity contribution in [3.63, 3.8) is 0 Å². The van der Waals surface area contributed by atoms with E-state index in [2.05, 4.69) is 0 Å².